The summed E-state index contributed by atoms with van der Waals surface area (Å²) >= 11 is 0. The highest BCUT2D eigenvalue weighted by Gasteiger charge is 2.32. The van der Waals surface area contributed by atoms with Gasteiger partial charge in [-0.05, 0) is 42.5 Å². The Morgan fingerprint density at radius 3 is 2.48 bits per heavy atom. The summed E-state index contributed by atoms with van der Waals surface area (Å²) in [6.07, 6.45) is 9.13. The lowest BCUT2D eigenvalue weighted by Gasteiger charge is -2.33. The standard InChI is InChI=1S/C26H33N3O4/c1-3-16-29(23(30)18-27-25(31)22-11-8-17-33-22)24(20-14-12-19(4-2)13-15-20)26(32)28-21-9-6-5-7-10-21/h3,8,11-15,17,21,24H,1,4-7,9-10,16,18H2,2H3,(H,27,31)(H,28,32). The van der Waals surface area contributed by atoms with Crippen LogP contribution in [0.2, 0.25) is 0 Å². The second kappa shape index (κ2) is 12.0. The number of furan rings is 1. The third-order valence-corrected chi connectivity index (χ3v) is 6.01. The second-order valence-corrected chi connectivity index (χ2v) is 8.34. The number of nitrogens with zero attached hydrogens (tertiary/aromatic N) is 1. The molecule has 0 spiro atoms. The number of aryl methyl sites for hydroxylation is 1. The third kappa shape index (κ3) is 6.57. The summed E-state index contributed by atoms with van der Waals surface area (Å²) in [4.78, 5) is 40.4. The largest absolute Gasteiger partial charge is 0.459 e. The molecule has 2 N–H and O–H groups in total. The Bertz CT molecular complexity index is 931. The molecule has 0 aliphatic heterocycles. The Hall–Kier alpha value is -3.35. The first-order chi connectivity index (χ1) is 16.0. The lowest BCUT2D eigenvalue weighted by Crippen LogP contribution is -2.49. The quantitative estimate of drug-likeness (QED) is 0.538. The molecule has 2 aromatic rings. The molecule has 1 atom stereocenters. The second-order valence-electron chi connectivity index (χ2n) is 8.34. The number of carbonyl (C=O) groups excluding carboxylic acids is 3. The molecule has 3 amide bonds. The molecule has 0 radical (unpaired) electrons. The number of hydrogen-bond donors (Lipinski definition) is 2. The first kappa shape index (κ1) is 24.3. The van der Waals surface area contributed by atoms with Crippen LogP contribution in [0, 0.1) is 0 Å². The predicted octanol–water partition coefficient (Wildman–Crippen LogP) is 3.78. The Kier molecular flexibility index (Phi) is 8.87. The van der Waals surface area contributed by atoms with Crippen molar-refractivity contribution in [1.29, 1.82) is 0 Å². The highest BCUT2D eigenvalue weighted by molar-refractivity contribution is 5.95. The molecule has 0 saturated heterocycles. The van der Waals surface area contributed by atoms with Gasteiger partial charge in [-0.3, -0.25) is 14.4 Å². The maximum Gasteiger partial charge on any atom is 0.287 e. The summed E-state index contributed by atoms with van der Waals surface area (Å²) in [6, 6.07) is 10.2. The SMILES string of the molecule is C=CCN(C(=O)CNC(=O)c1ccco1)C(C(=O)NC1CCCCC1)c1ccc(CC)cc1. The van der Waals surface area contributed by atoms with E-state index >= 15 is 0 Å². The smallest absolute Gasteiger partial charge is 0.287 e. The van der Waals surface area contributed by atoms with Crippen molar-refractivity contribution in [2.24, 2.45) is 0 Å². The Morgan fingerprint density at radius 2 is 1.88 bits per heavy atom. The minimum atomic E-state index is -0.816. The van der Waals surface area contributed by atoms with Crippen molar-refractivity contribution >= 4 is 17.7 Å². The highest BCUT2D eigenvalue weighted by atomic mass is 16.3. The van der Waals surface area contributed by atoms with Gasteiger partial charge in [0, 0.05) is 12.6 Å². The number of amides is 3. The van der Waals surface area contributed by atoms with Crippen LogP contribution in [-0.4, -0.2) is 41.8 Å². The van der Waals surface area contributed by atoms with Gasteiger partial charge in [-0.25, -0.2) is 0 Å². The van der Waals surface area contributed by atoms with Crippen molar-refractivity contribution in [3.8, 4) is 0 Å². The lowest BCUT2D eigenvalue weighted by molar-refractivity contribution is -0.139. The van der Waals surface area contributed by atoms with Crippen molar-refractivity contribution in [2.75, 3.05) is 13.1 Å². The maximum absolute atomic E-state index is 13.5. The number of benzene rings is 1. The molecular formula is C26H33N3O4. The lowest BCUT2D eigenvalue weighted by atomic mass is 9.94. The van der Waals surface area contributed by atoms with E-state index in [2.05, 4.69) is 24.1 Å². The molecule has 1 aromatic carbocycles. The minimum absolute atomic E-state index is 0.114. The van der Waals surface area contributed by atoms with Crippen LogP contribution >= 0.6 is 0 Å². The van der Waals surface area contributed by atoms with Crippen molar-refractivity contribution in [1.82, 2.24) is 15.5 Å². The van der Waals surface area contributed by atoms with Gasteiger partial charge in [-0.15, -0.1) is 6.58 Å². The summed E-state index contributed by atoms with van der Waals surface area (Å²) in [5, 5.41) is 5.74. The van der Waals surface area contributed by atoms with E-state index in [1.54, 1.807) is 12.1 Å². The molecule has 1 aliphatic carbocycles. The van der Waals surface area contributed by atoms with Crippen LogP contribution < -0.4 is 10.6 Å². The summed E-state index contributed by atoms with van der Waals surface area (Å²) < 4.78 is 5.08. The van der Waals surface area contributed by atoms with E-state index in [-0.39, 0.29) is 36.7 Å². The van der Waals surface area contributed by atoms with Crippen molar-refractivity contribution in [2.45, 2.75) is 57.5 Å². The van der Waals surface area contributed by atoms with Gasteiger partial charge in [-0.2, -0.15) is 0 Å². The summed E-state index contributed by atoms with van der Waals surface area (Å²) in [5.41, 5.74) is 1.88. The van der Waals surface area contributed by atoms with E-state index in [0.717, 1.165) is 43.2 Å². The monoisotopic (exact) mass is 451 g/mol. The first-order valence-corrected chi connectivity index (χ1v) is 11.6. The number of nitrogens with one attached hydrogen (secondary N) is 2. The minimum Gasteiger partial charge on any atom is -0.459 e. The Balaban J connectivity index is 1.81. The summed E-state index contributed by atoms with van der Waals surface area (Å²) in [6.45, 7) is 5.75. The molecule has 1 aliphatic rings. The topological polar surface area (TPSA) is 91.7 Å². The van der Waals surface area contributed by atoms with E-state index in [1.165, 1.54) is 23.7 Å². The molecule has 33 heavy (non-hydrogen) atoms. The first-order valence-electron chi connectivity index (χ1n) is 11.6. The van der Waals surface area contributed by atoms with Crippen LogP contribution in [0.5, 0.6) is 0 Å². The van der Waals surface area contributed by atoms with Crippen LogP contribution in [0.4, 0.5) is 0 Å². The molecule has 1 aromatic heterocycles. The Labute approximate surface area is 195 Å². The fourth-order valence-corrected chi connectivity index (χ4v) is 4.18. The molecule has 7 nitrogen and oxygen atoms in total. The number of rotatable bonds is 10. The van der Waals surface area contributed by atoms with E-state index in [0.29, 0.717) is 0 Å². The highest BCUT2D eigenvalue weighted by Crippen LogP contribution is 2.24. The average Bonchev–Trinajstić information content (AvgIpc) is 3.38. The van der Waals surface area contributed by atoms with Gasteiger partial charge < -0.3 is 20.0 Å². The van der Waals surface area contributed by atoms with Crippen LogP contribution in [0.25, 0.3) is 0 Å². The molecule has 1 unspecified atom stereocenters. The van der Waals surface area contributed by atoms with Gasteiger partial charge >= 0.3 is 0 Å². The molecule has 1 fully saturated rings. The fraction of sp³-hybridized carbons (Fsp3) is 0.423. The van der Waals surface area contributed by atoms with Crippen LogP contribution in [0.1, 0.15) is 66.8 Å². The van der Waals surface area contributed by atoms with Crippen molar-refractivity contribution < 1.29 is 18.8 Å². The van der Waals surface area contributed by atoms with Crippen molar-refractivity contribution in [3.63, 3.8) is 0 Å². The van der Waals surface area contributed by atoms with E-state index in [9.17, 15) is 14.4 Å². The molecular weight excluding hydrogens is 418 g/mol. The maximum atomic E-state index is 13.5. The van der Waals surface area contributed by atoms with Crippen molar-refractivity contribution in [3.05, 3.63) is 72.2 Å². The van der Waals surface area contributed by atoms with E-state index in [1.807, 2.05) is 24.3 Å². The molecule has 0 bridgehead atoms. The predicted molar refractivity (Wildman–Crippen MR) is 127 cm³/mol. The molecule has 176 valence electrons. The van der Waals surface area contributed by atoms with Crippen LogP contribution in [0.3, 0.4) is 0 Å². The summed E-state index contributed by atoms with van der Waals surface area (Å²) in [7, 11) is 0. The van der Waals surface area contributed by atoms with Gasteiger partial charge in [-0.1, -0.05) is 56.5 Å². The van der Waals surface area contributed by atoms with E-state index in [4.69, 9.17) is 4.42 Å². The van der Waals surface area contributed by atoms with E-state index < -0.39 is 11.9 Å². The van der Waals surface area contributed by atoms with Gasteiger partial charge in [0.2, 0.25) is 11.8 Å². The summed E-state index contributed by atoms with van der Waals surface area (Å²) in [5.74, 6) is -0.945. The van der Waals surface area contributed by atoms with Gasteiger partial charge in [0.25, 0.3) is 5.91 Å². The number of hydrogen-bond acceptors (Lipinski definition) is 4. The number of carbonyl (C=O) groups is 3. The zero-order chi connectivity index (χ0) is 23.6. The average molecular weight is 452 g/mol. The molecule has 7 heteroatoms. The van der Waals surface area contributed by atoms with Gasteiger partial charge in [0.05, 0.1) is 12.8 Å². The van der Waals surface area contributed by atoms with Gasteiger partial charge in [0.1, 0.15) is 6.04 Å². The third-order valence-electron chi connectivity index (χ3n) is 6.01. The van der Waals surface area contributed by atoms with Crippen LogP contribution in [0.15, 0.2) is 59.7 Å². The fourth-order valence-electron chi connectivity index (χ4n) is 4.18. The van der Waals surface area contributed by atoms with Gasteiger partial charge in [0.15, 0.2) is 5.76 Å². The van der Waals surface area contributed by atoms with Crippen LogP contribution in [-0.2, 0) is 16.0 Å². The normalized spacial score (nSPS) is 14.8. The molecule has 1 saturated carbocycles. The molecule has 3 rings (SSSR count). The zero-order valence-electron chi connectivity index (χ0n) is 19.2. The molecule has 1 heterocycles. The Morgan fingerprint density at radius 1 is 1.15 bits per heavy atom. The zero-order valence-corrected chi connectivity index (χ0v) is 19.2.